The lowest BCUT2D eigenvalue weighted by molar-refractivity contribution is -0.228. The molecule has 0 saturated carbocycles. The van der Waals surface area contributed by atoms with E-state index in [2.05, 4.69) is 10.5 Å². The van der Waals surface area contributed by atoms with Gasteiger partial charge in [-0.05, 0) is 19.3 Å². The number of aliphatic hydroxyl groups excluding tert-OH is 1. The Balaban J connectivity index is 4.71. The summed E-state index contributed by atoms with van der Waals surface area (Å²) in [6.45, 7) is 10.7. The minimum absolute atomic E-state index is 0.00848. The van der Waals surface area contributed by atoms with E-state index in [-0.39, 0.29) is 25.2 Å². The minimum atomic E-state index is -1.16. The molecular weight excluding hydrogens is 264 g/mol. The summed E-state index contributed by atoms with van der Waals surface area (Å²) in [6, 6.07) is 0. The van der Waals surface area contributed by atoms with E-state index in [1.807, 2.05) is 27.7 Å². The van der Waals surface area contributed by atoms with Crippen molar-refractivity contribution in [3.05, 3.63) is 0 Å². The van der Waals surface area contributed by atoms with Gasteiger partial charge in [-0.15, -0.1) is 0 Å². The third kappa shape index (κ3) is 5.13. The second kappa shape index (κ2) is 7.71. The summed E-state index contributed by atoms with van der Waals surface area (Å²) >= 11 is 0. The van der Waals surface area contributed by atoms with E-state index in [4.69, 9.17) is 19.0 Å². The van der Waals surface area contributed by atoms with Gasteiger partial charge in [0.2, 0.25) is 10.5 Å². The molecule has 0 bridgehead atoms. The third-order valence-corrected chi connectivity index (χ3v) is 3.81. The maximum atomic E-state index is 10.6. The van der Waals surface area contributed by atoms with Gasteiger partial charge in [0, 0.05) is 0 Å². The van der Waals surface area contributed by atoms with Gasteiger partial charge in [0.15, 0.2) is 0 Å². The van der Waals surface area contributed by atoms with Gasteiger partial charge in [-0.2, -0.15) is 0 Å². The van der Waals surface area contributed by atoms with Crippen LogP contribution < -0.4 is 0 Å². The predicted molar refractivity (Wildman–Crippen MR) is 74.0 cm³/mol. The van der Waals surface area contributed by atoms with Crippen molar-refractivity contribution in [2.45, 2.75) is 45.8 Å². The highest BCUT2D eigenvalue weighted by Gasteiger charge is 2.52. The summed E-state index contributed by atoms with van der Waals surface area (Å²) in [6.07, 6.45) is 0. The molecule has 0 aromatic carbocycles. The number of ether oxygens (including phenoxy) is 2. The summed E-state index contributed by atoms with van der Waals surface area (Å²) in [7, 11) is 2.93. The molecule has 2 unspecified atom stereocenters. The van der Waals surface area contributed by atoms with Crippen molar-refractivity contribution in [2.75, 3.05) is 33.0 Å². The van der Waals surface area contributed by atoms with E-state index in [0.29, 0.717) is 13.2 Å². The number of aliphatic hydroxyl groups is 2. The minimum Gasteiger partial charge on any atom is -0.416 e. The topological polar surface area (TPSA) is 68.2 Å². The monoisotopic (exact) mass is 291 g/mol. The average Bonchev–Trinajstić information content (AvgIpc) is 2.26. The molecule has 0 aliphatic rings. The van der Waals surface area contributed by atoms with Gasteiger partial charge in [-0.1, -0.05) is 20.8 Å². The molecule has 0 fully saturated rings. The normalized spacial score (nSPS) is 18.9. The Morgan fingerprint density at radius 1 is 1.00 bits per heavy atom. The van der Waals surface area contributed by atoms with Crippen LogP contribution in [0.3, 0.4) is 0 Å². The number of rotatable bonds is 9. The molecule has 0 heterocycles. The maximum absolute atomic E-state index is 10.6. The van der Waals surface area contributed by atoms with Crippen LogP contribution in [0, 0.1) is 5.41 Å². The number of hydrogen-bond donors (Lipinski definition) is 2. The van der Waals surface area contributed by atoms with Crippen LogP contribution in [-0.4, -0.2) is 64.9 Å². The highest BCUT2D eigenvalue weighted by Crippen LogP contribution is 2.42. The van der Waals surface area contributed by atoms with Crippen molar-refractivity contribution >= 4 is 10.5 Å². The largest absolute Gasteiger partial charge is 0.416 e. The third-order valence-electron chi connectivity index (χ3n) is 3.67. The Bertz CT molecular complexity index is 252. The Labute approximate surface area is 119 Å². The SMILES string of the molecule is CC(C)(C)C(C)(OCCOCCO)C(C)(O)CO[Si]. The fraction of sp³-hybridized carbons (Fsp3) is 1.00. The second-order valence-electron chi connectivity index (χ2n) is 6.03. The first-order valence-electron chi connectivity index (χ1n) is 6.46. The summed E-state index contributed by atoms with van der Waals surface area (Å²) in [5, 5.41) is 19.2. The fourth-order valence-corrected chi connectivity index (χ4v) is 2.21. The summed E-state index contributed by atoms with van der Waals surface area (Å²) in [4.78, 5) is 0. The van der Waals surface area contributed by atoms with Gasteiger partial charge >= 0.3 is 0 Å². The highest BCUT2D eigenvalue weighted by molar-refractivity contribution is 5.98. The van der Waals surface area contributed by atoms with Crippen molar-refractivity contribution in [3.63, 3.8) is 0 Å². The second-order valence-corrected chi connectivity index (χ2v) is 6.32. The van der Waals surface area contributed by atoms with Crippen LogP contribution in [0.25, 0.3) is 0 Å². The molecular formula is C13H27O5Si. The highest BCUT2D eigenvalue weighted by atomic mass is 28.2. The zero-order chi connectivity index (χ0) is 15.2. The van der Waals surface area contributed by atoms with Gasteiger partial charge < -0.3 is 24.1 Å². The Morgan fingerprint density at radius 2 is 1.58 bits per heavy atom. The smallest absolute Gasteiger partial charge is 0.246 e. The standard InChI is InChI=1S/C13H27O5Si/c1-11(2,3)13(5,12(4,15)10-18-19)17-9-8-16-7-6-14/h14-15H,6-10H2,1-5H3. The van der Waals surface area contributed by atoms with E-state index in [1.165, 1.54) is 0 Å². The molecule has 0 aromatic heterocycles. The first-order chi connectivity index (χ1) is 8.62. The molecule has 0 amide bonds. The molecule has 0 aliphatic heterocycles. The van der Waals surface area contributed by atoms with Gasteiger partial charge in [0.05, 0.1) is 33.0 Å². The summed E-state index contributed by atoms with van der Waals surface area (Å²) in [5.41, 5.74) is -2.27. The molecule has 0 aromatic rings. The van der Waals surface area contributed by atoms with Crippen LogP contribution >= 0.6 is 0 Å². The Hall–Kier alpha value is 0.0169. The van der Waals surface area contributed by atoms with E-state index < -0.39 is 11.2 Å². The van der Waals surface area contributed by atoms with Crippen LogP contribution in [0.1, 0.15) is 34.6 Å². The quantitative estimate of drug-likeness (QED) is 0.483. The van der Waals surface area contributed by atoms with E-state index in [0.717, 1.165) is 0 Å². The molecule has 5 nitrogen and oxygen atoms in total. The lowest BCUT2D eigenvalue weighted by Gasteiger charge is -2.50. The number of hydrogen-bond acceptors (Lipinski definition) is 5. The Kier molecular flexibility index (Phi) is 7.71. The molecule has 0 aliphatic carbocycles. The van der Waals surface area contributed by atoms with Crippen LogP contribution in [-0.2, 0) is 13.9 Å². The first kappa shape index (κ1) is 19.0. The summed E-state index contributed by atoms with van der Waals surface area (Å²) < 4.78 is 16.0. The van der Waals surface area contributed by atoms with Crippen molar-refractivity contribution < 1.29 is 24.1 Å². The fourth-order valence-electron chi connectivity index (χ4n) is 1.93. The molecule has 0 saturated heterocycles. The maximum Gasteiger partial charge on any atom is 0.246 e. The average molecular weight is 291 g/mol. The van der Waals surface area contributed by atoms with Gasteiger partial charge in [-0.25, -0.2) is 0 Å². The lowest BCUT2D eigenvalue weighted by Crippen LogP contribution is -2.62. The molecule has 2 N–H and O–H groups in total. The molecule has 19 heavy (non-hydrogen) atoms. The van der Waals surface area contributed by atoms with E-state index in [1.54, 1.807) is 6.92 Å². The molecule has 113 valence electrons. The molecule has 0 spiro atoms. The van der Waals surface area contributed by atoms with Crippen LogP contribution in [0.5, 0.6) is 0 Å². The summed E-state index contributed by atoms with van der Waals surface area (Å²) in [5.74, 6) is 0. The van der Waals surface area contributed by atoms with Crippen LogP contribution in [0.15, 0.2) is 0 Å². The zero-order valence-electron chi connectivity index (χ0n) is 12.7. The Morgan fingerprint density at radius 3 is 2.00 bits per heavy atom. The van der Waals surface area contributed by atoms with Crippen molar-refractivity contribution in [1.29, 1.82) is 0 Å². The van der Waals surface area contributed by atoms with Crippen molar-refractivity contribution in [2.24, 2.45) is 5.41 Å². The van der Waals surface area contributed by atoms with Crippen LogP contribution in [0.4, 0.5) is 0 Å². The van der Waals surface area contributed by atoms with Crippen molar-refractivity contribution in [3.8, 4) is 0 Å². The van der Waals surface area contributed by atoms with Crippen LogP contribution in [0.2, 0.25) is 0 Å². The van der Waals surface area contributed by atoms with Gasteiger partial charge in [0.1, 0.15) is 11.2 Å². The molecule has 2 atom stereocenters. The molecule has 3 radical (unpaired) electrons. The molecule has 0 rings (SSSR count). The zero-order valence-corrected chi connectivity index (χ0v) is 13.7. The van der Waals surface area contributed by atoms with Gasteiger partial charge in [-0.3, -0.25) is 0 Å². The van der Waals surface area contributed by atoms with Crippen molar-refractivity contribution in [1.82, 2.24) is 0 Å². The van der Waals surface area contributed by atoms with E-state index in [9.17, 15) is 5.11 Å². The lowest BCUT2D eigenvalue weighted by atomic mass is 9.68. The first-order valence-corrected chi connectivity index (χ1v) is 6.86. The van der Waals surface area contributed by atoms with E-state index >= 15 is 0 Å². The predicted octanol–water partition coefficient (Wildman–Crippen LogP) is 0.668. The molecule has 6 heteroatoms. The van der Waals surface area contributed by atoms with Gasteiger partial charge in [0.25, 0.3) is 0 Å².